The lowest BCUT2D eigenvalue weighted by molar-refractivity contribution is 0.0978. The summed E-state index contributed by atoms with van der Waals surface area (Å²) in [7, 11) is 0. The van der Waals surface area contributed by atoms with Crippen molar-refractivity contribution in [2.45, 2.75) is 0 Å². The van der Waals surface area contributed by atoms with E-state index in [1.165, 1.54) is 36.4 Å². The molecule has 0 atom stereocenters. The molecule has 0 unspecified atom stereocenters. The van der Waals surface area contributed by atoms with E-state index < -0.39 is 0 Å². The zero-order chi connectivity index (χ0) is 14.3. The van der Waals surface area contributed by atoms with Gasteiger partial charge in [0.1, 0.15) is 11.5 Å². The van der Waals surface area contributed by atoms with Crippen LogP contribution >= 0.6 is 0 Å². The Morgan fingerprint density at radius 3 is 1.56 bits per heavy atom. The Labute approximate surface area is 105 Å². The van der Waals surface area contributed by atoms with E-state index in [1.807, 2.05) is 0 Å². The SMILES string of the molecule is [2H]Oc1ccc2c(c1)C(=O)c1ccc(O[2H])cc1C2=O. The van der Waals surface area contributed by atoms with Gasteiger partial charge in [0.2, 0.25) is 0 Å². The Morgan fingerprint density at radius 1 is 0.722 bits per heavy atom. The molecule has 0 heterocycles. The number of carbonyl (C=O) groups excluding carboxylic acids is 2. The molecule has 4 nitrogen and oxygen atoms in total. The summed E-state index contributed by atoms with van der Waals surface area (Å²) in [6.07, 6.45) is 0. The smallest absolute Gasteiger partial charge is 0.293 e. The molecule has 0 amide bonds. The summed E-state index contributed by atoms with van der Waals surface area (Å²) in [6, 6.07) is 8.56. The number of hydrogen-bond donors (Lipinski definition) is 2. The number of aromatic hydroxyl groups is 2. The number of hydrogen-bond acceptors (Lipinski definition) is 4. The normalized spacial score (nSPS) is 14.2. The first-order valence-corrected chi connectivity index (χ1v) is 5.29. The zero-order valence-electron chi connectivity index (χ0n) is 11.1. The number of fused-ring (bicyclic) bond motifs is 2. The first-order chi connectivity index (χ1) is 9.65. The van der Waals surface area contributed by atoms with E-state index in [-0.39, 0.29) is 45.3 Å². The second kappa shape index (κ2) is 3.43. The molecule has 0 fully saturated rings. The lowest BCUT2D eigenvalue weighted by Gasteiger charge is -2.17. The fraction of sp³-hybridized carbons (Fsp3) is 0. The maximum atomic E-state index is 12.4. The third-order valence-corrected chi connectivity index (χ3v) is 2.96. The van der Waals surface area contributed by atoms with Crippen molar-refractivity contribution < 1.29 is 19.8 Å². The Kier molecular flexibility index (Phi) is 1.62. The van der Waals surface area contributed by atoms with E-state index in [0.717, 1.165) is 0 Å². The number of phenols is 2. The quantitative estimate of drug-likeness (QED) is 0.719. The van der Waals surface area contributed by atoms with Crippen LogP contribution in [0.2, 0.25) is 0 Å². The van der Waals surface area contributed by atoms with E-state index in [1.54, 1.807) is 0 Å². The summed E-state index contributed by atoms with van der Waals surface area (Å²) >= 11 is 0. The molecule has 2 aromatic rings. The van der Waals surface area contributed by atoms with Crippen LogP contribution in [-0.2, 0) is 0 Å². The van der Waals surface area contributed by atoms with Crippen molar-refractivity contribution in [1.29, 1.82) is 2.86 Å². The topological polar surface area (TPSA) is 74.6 Å². The minimum Gasteiger partial charge on any atom is -0.508 e. The Balaban J connectivity index is 2.22. The van der Waals surface area contributed by atoms with Gasteiger partial charge >= 0.3 is 0 Å². The Bertz CT molecular complexity index is 676. The summed E-state index contributed by atoms with van der Waals surface area (Å²) in [4.78, 5) is 24.7. The minimum atomic E-state index is -0.315. The van der Waals surface area contributed by atoms with Crippen LogP contribution in [0.25, 0.3) is 0 Å². The van der Waals surface area contributed by atoms with Crippen LogP contribution in [0.5, 0.6) is 11.5 Å². The predicted octanol–water partition coefficient (Wildman–Crippen LogP) is 1.87. The third kappa shape index (κ3) is 1.32. The minimum absolute atomic E-state index is 0.194. The van der Waals surface area contributed by atoms with Crippen molar-refractivity contribution in [2.24, 2.45) is 0 Å². The first-order valence-electron chi connectivity index (χ1n) is 6.11. The molecule has 0 radical (unpaired) electrons. The van der Waals surface area contributed by atoms with Crippen LogP contribution in [-0.4, -0.2) is 24.6 Å². The second-order valence-corrected chi connectivity index (χ2v) is 4.07. The van der Waals surface area contributed by atoms with Crippen LogP contribution in [0.4, 0.5) is 0 Å². The highest BCUT2D eigenvalue weighted by Gasteiger charge is 2.29. The summed E-state index contributed by atoms with van der Waals surface area (Å²) < 4.78 is 13.7. The van der Waals surface area contributed by atoms with E-state index in [4.69, 9.17) is 2.86 Å². The van der Waals surface area contributed by atoms with Crippen molar-refractivity contribution in [1.82, 2.24) is 0 Å². The molecule has 0 saturated heterocycles. The molecule has 1 aliphatic carbocycles. The molecule has 0 bridgehead atoms. The molecular formula is C14H8O4. The number of phenolic OH excluding ortho intramolecular Hbond substituents is 2. The Hall–Kier alpha value is -2.62. The van der Waals surface area contributed by atoms with Gasteiger partial charge in [0.25, 0.3) is 2.86 Å². The molecule has 4 heteroatoms. The predicted molar refractivity (Wildman–Crippen MR) is 63.1 cm³/mol. The first kappa shape index (κ1) is 8.47. The molecule has 18 heavy (non-hydrogen) atoms. The van der Waals surface area contributed by atoms with E-state index in [0.29, 0.717) is 0 Å². The maximum absolute atomic E-state index is 12.4. The summed E-state index contributed by atoms with van der Waals surface area (Å²) in [5.74, 6) is -0.242. The van der Waals surface area contributed by atoms with Gasteiger partial charge in [0, 0.05) is 22.3 Å². The van der Waals surface area contributed by atoms with Crippen molar-refractivity contribution in [2.75, 3.05) is 0 Å². The fourth-order valence-electron chi connectivity index (χ4n) is 2.11. The molecule has 0 spiro atoms. The summed E-state index contributed by atoms with van der Waals surface area (Å²) in [5, 5.41) is 8.66. The molecular weight excluding hydrogens is 232 g/mol. The summed E-state index contributed by atoms with van der Waals surface area (Å²) in [5.41, 5.74) is 0.939. The van der Waals surface area contributed by atoms with Crippen LogP contribution in [0.3, 0.4) is 0 Å². The molecule has 0 aliphatic heterocycles. The molecule has 2 aromatic carbocycles. The Morgan fingerprint density at radius 2 is 1.17 bits per heavy atom. The highest BCUT2D eigenvalue weighted by atomic mass is 16.3. The number of benzene rings is 2. The van der Waals surface area contributed by atoms with E-state index in [2.05, 4.69) is 10.2 Å². The molecule has 0 aromatic heterocycles. The highest BCUT2D eigenvalue weighted by molar-refractivity contribution is 6.28. The van der Waals surface area contributed by atoms with Gasteiger partial charge in [-0.15, -0.1) is 0 Å². The van der Waals surface area contributed by atoms with E-state index in [9.17, 15) is 9.59 Å². The van der Waals surface area contributed by atoms with Gasteiger partial charge < -0.3 is 10.2 Å². The molecule has 2 N–H and O–H groups in total. The van der Waals surface area contributed by atoms with Crippen LogP contribution in [0.15, 0.2) is 36.4 Å². The molecule has 3 rings (SSSR count). The fourth-order valence-corrected chi connectivity index (χ4v) is 2.11. The van der Waals surface area contributed by atoms with Gasteiger partial charge in [-0.05, 0) is 36.4 Å². The van der Waals surface area contributed by atoms with Gasteiger partial charge in [0.15, 0.2) is 11.6 Å². The largest absolute Gasteiger partial charge is 0.508 e. The van der Waals surface area contributed by atoms with Gasteiger partial charge in [-0.1, -0.05) is 0 Å². The van der Waals surface area contributed by atoms with Crippen molar-refractivity contribution >= 4 is 11.6 Å². The van der Waals surface area contributed by atoms with Crippen molar-refractivity contribution in [3.05, 3.63) is 58.7 Å². The van der Waals surface area contributed by atoms with Crippen LogP contribution < -0.4 is 0 Å². The van der Waals surface area contributed by atoms with Gasteiger partial charge in [-0.3, -0.25) is 9.59 Å². The van der Waals surface area contributed by atoms with Crippen LogP contribution in [0.1, 0.15) is 31.8 Å². The number of carbonyl (C=O) groups is 2. The van der Waals surface area contributed by atoms with Crippen molar-refractivity contribution in [3.63, 3.8) is 0 Å². The monoisotopic (exact) mass is 242 g/mol. The standard InChI is InChI=1S/C14H8O4/c15-7-1-3-9-11(5-7)14(18)10-4-2-8(16)6-12(10)13(9)17/h1-6,15-16H/i/hD2. The molecule has 0 saturated carbocycles. The summed E-state index contributed by atoms with van der Waals surface area (Å²) in [6.45, 7) is 0. The maximum Gasteiger partial charge on any atom is 0.293 e. The van der Waals surface area contributed by atoms with Crippen molar-refractivity contribution in [3.8, 4) is 11.5 Å². The number of ketones is 2. The zero-order valence-corrected chi connectivity index (χ0v) is 9.10. The average molecular weight is 242 g/mol. The highest BCUT2D eigenvalue weighted by Crippen LogP contribution is 2.31. The molecule has 1 aliphatic rings. The molecule has 88 valence electrons. The third-order valence-electron chi connectivity index (χ3n) is 2.96. The van der Waals surface area contributed by atoms with E-state index >= 15 is 0 Å². The van der Waals surface area contributed by atoms with Gasteiger partial charge in [0.05, 0.1) is 0 Å². The van der Waals surface area contributed by atoms with Crippen LogP contribution in [0, 0.1) is 0 Å². The number of rotatable bonds is 2. The second-order valence-electron chi connectivity index (χ2n) is 4.07. The van der Waals surface area contributed by atoms with Gasteiger partial charge in [-0.2, -0.15) is 0 Å². The van der Waals surface area contributed by atoms with Gasteiger partial charge in [-0.25, -0.2) is 0 Å². The lowest BCUT2D eigenvalue weighted by atomic mass is 9.84. The lowest BCUT2D eigenvalue weighted by Crippen LogP contribution is -2.20. The average Bonchev–Trinajstić information content (AvgIpc) is 2.51.